The van der Waals surface area contributed by atoms with Crippen LogP contribution >= 0.6 is 11.6 Å². The Hall–Kier alpha value is -3.21. The van der Waals surface area contributed by atoms with Crippen LogP contribution in [-0.4, -0.2) is 85.7 Å². The van der Waals surface area contributed by atoms with Gasteiger partial charge in [-0.2, -0.15) is 0 Å². The van der Waals surface area contributed by atoms with E-state index in [9.17, 15) is 9.18 Å². The second-order valence-corrected chi connectivity index (χ2v) is 8.90. The highest BCUT2D eigenvalue weighted by Crippen LogP contribution is 2.35. The van der Waals surface area contributed by atoms with Gasteiger partial charge in [-0.3, -0.25) is 9.69 Å². The number of rotatable bonds is 10. The van der Waals surface area contributed by atoms with Crippen molar-refractivity contribution >= 4 is 39.9 Å². The number of fused-ring (bicyclic) bond motifs is 1. The number of anilines is 2. The van der Waals surface area contributed by atoms with Gasteiger partial charge in [0, 0.05) is 56.9 Å². The van der Waals surface area contributed by atoms with E-state index in [1.54, 1.807) is 26.3 Å². The molecule has 1 saturated heterocycles. The molecule has 0 atom stereocenters. The second kappa shape index (κ2) is 12.2. The van der Waals surface area contributed by atoms with Crippen molar-refractivity contribution in [2.24, 2.45) is 0 Å². The van der Waals surface area contributed by atoms with Crippen LogP contribution in [0.5, 0.6) is 11.5 Å². The van der Waals surface area contributed by atoms with Crippen molar-refractivity contribution in [2.75, 3.05) is 65.3 Å². The number of nitrogens with one attached hydrogen (secondary N) is 2. The summed E-state index contributed by atoms with van der Waals surface area (Å²) in [4.78, 5) is 24.8. The van der Waals surface area contributed by atoms with E-state index in [2.05, 4.69) is 30.4 Å². The standard InChI is InChI=1S/C25H30ClFN6O3/c1-28-24(34)15-33-9-7-32(8-10-33)6-3-11-36-23-13-18-21(14-22(23)35-2)29-16-30-25(18)31-17-4-5-20(27)19(26)12-17/h4-5,12-14,16H,3,6-11,15H2,1-2H3,(H,28,34)(H,29,30,31). The van der Waals surface area contributed by atoms with Gasteiger partial charge in [-0.1, -0.05) is 11.6 Å². The Morgan fingerprint density at radius 2 is 1.89 bits per heavy atom. The fraction of sp³-hybridized carbons (Fsp3) is 0.400. The molecule has 192 valence electrons. The first kappa shape index (κ1) is 25.9. The summed E-state index contributed by atoms with van der Waals surface area (Å²) in [5.41, 5.74) is 1.29. The molecule has 0 bridgehead atoms. The van der Waals surface area contributed by atoms with Crippen LogP contribution in [0.15, 0.2) is 36.7 Å². The Morgan fingerprint density at radius 3 is 2.61 bits per heavy atom. The first-order chi connectivity index (χ1) is 17.5. The second-order valence-electron chi connectivity index (χ2n) is 8.49. The quantitative estimate of drug-likeness (QED) is 0.397. The number of hydrogen-bond donors (Lipinski definition) is 2. The summed E-state index contributed by atoms with van der Waals surface area (Å²) in [6.07, 6.45) is 2.30. The van der Waals surface area contributed by atoms with Crippen LogP contribution in [0.2, 0.25) is 5.02 Å². The monoisotopic (exact) mass is 516 g/mol. The first-order valence-corrected chi connectivity index (χ1v) is 12.2. The maximum Gasteiger partial charge on any atom is 0.233 e. The van der Waals surface area contributed by atoms with E-state index in [1.807, 2.05) is 6.07 Å². The summed E-state index contributed by atoms with van der Waals surface area (Å²) in [5.74, 6) is 1.28. The van der Waals surface area contributed by atoms with Crippen LogP contribution in [0, 0.1) is 5.82 Å². The van der Waals surface area contributed by atoms with Gasteiger partial charge in [-0.15, -0.1) is 0 Å². The zero-order valence-corrected chi connectivity index (χ0v) is 21.1. The highest BCUT2D eigenvalue weighted by molar-refractivity contribution is 6.31. The number of methoxy groups -OCH3 is 1. The number of halogens is 2. The van der Waals surface area contributed by atoms with Crippen molar-refractivity contribution < 1.29 is 18.7 Å². The van der Waals surface area contributed by atoms with Crippen LogP contribution in [0.3, 0.4) is 0 Å². The van der Waals surface area contributed by atoms with Gasteiger partial charge < -0.3 is 25.0 Å². The zero-order chi connectivity index (χ0) is 25.5. The molecule has 1 aliphatic rings. The number of piperazine rings is 1. The predicted molar refractivity (Wildman–Crippen MR) is 138 cm³/mol. The molecule has 36 heavy (non-hydrogen) atoms. The van der Waals surface area contributed by atoms with Crippen molar-refractivity contribution in [2.45, 2.75) is 6.42 Å². The van der Waals surface area contributed by atoms with E-state index < -0.39 is 5.82 Å². The van der Waals surface area contributed by atoms with Gasteiger partial charge in [0.1, 0.15) is 18.0 Å². The Kier molecular flexibility index (Phi) is 8.74. The Labute approximate surface area is 214 Å². The first-order valence-electron chi connectivity index (χ1n) is 11.8. The summed E-state index contributed by atoms with van der Waals surface area (Å²) in [5, 5.41) is 6.61. The molecule has 11 heteroatoms. The van der Waals surface area contributed by atoms with E-state index in [4.69, 9.17) is 21.1 Å². The van der Waals surface area contributed by atoms with Crippen LogP contribution in [0.1, 0.15) is 6.42 Å². The van der Waals surface area contributed by atoms with E-state index >= 15 is 0 Å². The molecule has 1 amide bonds. The molecule has 1 aromatic heterocycles. The van der Waals surface area contributed by atoms with Crippen molar-refractivity contribution in [1.29, 1.82) is 0 Å². The minimum Gasteiger partial charge on any atom is -0.493 e. The number of benzene rings is 2. The zero-order valence-electron chi connectivity index (χ0n) is 20.4. The highest BCUT2D eigenvalue weighted by atomic mass is 35.5. The van der Waals surface area contributed by atoms with Crippen molar-refractivity contribution in [3.8, 4) is 11.5 Å². The number of carbonyl (C=O) groups is 1. The molecule has 1 aliphatic heterocycles. The molecule has 4 rings (SSSR count). The summed E-state index contributed by atoms with van der Waals surface area (Å²) in [6.45, 7) is 5.48. The predicted octanol–water partition coefficient (Wildman–Crippen LogP) is 3.31. The molecule has 0 spiro atoms. The lowest BCUT2D eigenvalue weighted by Gasteiger charge is -2.34. The van der Waals surface area contributed by atoms with Crippen LogP contribution < -0.4 is 20.1 Å². The fourth-order valence-electron chi connectivity index (χ4n) is 4.07. The number of aromatic nitrogens is 2. The van der Waals surface area contributed by atoms with E-state index in [-0.39, 0.29) is 10.9 Å². The SMILES string of the molecule is CNC(=O)CN1CCN(CCCOc2cc3c(Nc4ccc(F)c(Cl)c4)ncnc3cc2OC)CC1. The van der Waals surface area contributed by atoms with Gasteiger partial charge in [-0.05, 0) is 30.7 Å². The van der Waals surface area contributed by atoms with Crippen LogP contribution in [0.4, 0.5) is 15.9 Å². The number of amides is 1. The van der Waals surface area contributed by atoms with Gasteiger partial charge in [0.15, 0.2) is 11.5 Å². The minimum absolute atomic E-state index is 0.0249. The highest BCUT2D eigenvalue weighted by Gasteiger charge is 2.18. The number of likely N-dealkylation sites (N-methyl/N-ethyl adjacent to an activating group) is 1. The molecule has 0 unspecified atom stereocenters. The lowest BCUT2D eigenvalue weighted by Crippen LogP contribution is -2.49. The van der Waals surface area contributed by atoms with Gasteiger partial charge in [-0.25, -0.2) is 14.4 Å². The Bertz CT molecular complexity index is 1210. The van der Waals surface area contributed by atoms with Crippen LogP contribution in [0.25, 0.3) is 10.9 Å². The smallest absolute Gasteiger partial charge is 0.233 e. The molecule has 9 nitrogen and oxygen atoms in total. The van der Waals surface area contributed by atoms with Gasteiger partial charge in [0.25, 0.3) is 0 Å². The van der Waals surface area contributed by atoms with E-state index in [0.717, 1.165) is 44.5 Å². The number of hydrogen-bond acceptors (Lipinski definition) is 8. The molecule has 2 heterocycles. The Morgan fingerprint density at radius 1 is 1.11 bits per heavy atom. The molecule has 3 aromatic rings. The Balaban J connectivity index is 1.37. The fourth-order valence-corrected chi connectivity index (χ4v) is 4.25. The molecule has 0 aliphatic carbocycles. The summed E-state index contributed by atoms with van der Waals surface area (Å²) in [7, 11) is 3.25. The lowest BCUT2D eigenvalue weighted by atomic mass is 10.2. The van der Waals surface area contributed by atoms with Crippen molar-refractivity contribution in [1.82, 2.24) is 25.1 Å². The van der Waals surface area contributed by atoms with Crippen LogP contribution in [-0.2, 0) is 4.79 Å². The van der Waals surface area contributed by atoms with Gasteiger partial charge >= 0.3 is 0 Å². The van der Waals surface area contributed by atoms with Crippen molar-refractivity contribution in [3.63, 3.8) is 0 Å². The summed E-state index contributed by atoms with van der Waals surface area (Å²) < 4.78 is 25.1. The van der Waals surface area contributed by atoms with Gasteiger partial charge in [0.05, 0.1) is 30.8 Å². The average Bonchev–Trinajstić information content (AvgIpc) is 2.89. The third-order valence-corrected chi connectivity index (χ3v) is 6.38. The van der Waals surface area contributed by atoms with E-state index in [1.165, 1.54) is 18.5 Å². The maximum atomic E-state index is 13.5. The third-order valence-electron chi connectivity index (χ3n) is 6.09. The minimum atomic E-state index is -0.485. The third kappa shape index (κ3) is 6.51. The molecule has 1 fully saturated rings. The number of ether oxygens (including phenoxy) is 2. The maximum absolute atomic E-state index is 13.5. The molecular weight excluding hydrogens is 487 g/mol. The summed E-state index contributed by atoms with van der Waals surface area (Å²) >= 11 is 5.92. The summed E-state index contributed by atoms with van der Waals surface area (Å²) in [6, 6.07) is 8.05. The lowest BCUT2D eigenvalue weighted by molar-refractivity contribution is -0.122. The van der Waals surface area contributed by atoms with Crippen molar-refractivity contribution in [3.05, 3.63) is 47.5 Å². The number of nitrogens with zero attached hydrogens (tertiary/aromatic N) is 4. The molecule has 0 saturated carbocycles. The average molecular weight is 517 g/mol. The normalized spacial score (nSPS) is 14.6. The number of carbonyl (C=O) groups excluding carboxylic acids is 1. The topological polar surface area (TPSA) is 91.9 Å². The van der Waals surface area contributed by atoms with E-state index in [0.29, 0.717) is 41.7 Å². The van der Waals surface area contributed by atoms with Gasteiger partial charge in [0.2, 0.25) is 5.91 Å². The molecular formula is C25H30ClFN6O3. The molecule has 2 aromatic carbocycles. The molecule has 2 N–H and O–H groups in total. The molecule has 0 radical (unpaired) electrons. The largest absolute Gasteiger partial charge is 0.493 e.